The molecule has 0 spiro atoms. The quantitative estimate of drug-likeness (QED) is 0.297. The summed E-state index contributed by atoms with van der Waals surface area (Å²) in [5.41, 5.74) is 0. The van der Waals surface area contributed by atoms with E-state index in [4.69, 9.17) is 16.7 Å². The second kappa shape index (κ2) is 11.2. The molecular weight excluding hydrogens is 203 g/mol. The van der Waals surface area contributed by atoms with Gasteiger partial charge in [-0.25, -0.2) is 8.42 Å². The number of alkyl halides is 1. The van der Waals surface area contributed by atoms with Crippen LogP contribution in [0.3, 0.4) is 0 Å². The molecule has 0 bridgehead atoms. The van der Waals surface area contributed by atoms with Crippen LogP contribution in [0.2, 0.25) is 0 Å². The zero-order valence-electron chi connectivity index (χ0n) is 6.58. The normalized spacial score (nSPS) is 9.09. The van der Waals surface area contributed by atoms with Crippen LogP contribution in [0.1, 0.15) is 6.92 Å². The fourth-order valence-corrected chi connectivity index (χ4v) is 0.850. The Balaban J connectivity index is -0.000000140. The summed E-state index contributed by atoms with van der Waals surface area (Å²) >= 11 is 4.91. The van der Waals surface area contributed by atoms with Crippen molar-refractivity contribution in [1.29, 1.82) is 0 Å². The second-order valence-corrected chi connectivity index (χ2v) is 3.17. The van der Waals surface area contributed by atoms with Crippen LogP contribution < -0.4 is 29.6 Å². The van der Waals surface area contributed by atoms with Crippen molar-refractivity contribution in [3.63, 3.8) is 0 Å². The van der Waals surface area contributed by atoms with E-state index in [1.165, 1.54) is 0 Å². The van der Waals surface area contributed by atoms with E-state index in [9.17, 15) is 13.0 Å². The minimum atomic E-state index is -4.06. The van der Waals surface area contributed by atoms with Crippen molar-refractivity contribution in [2.24, 2.45) is 0 Å². The van der Waals surface area contributed by atoms with E-state index in [-0.39, 0.29) is 42.0 Å². The zero-order valence-corrected chi connectivity index (χ0v) is 10.2. The molecule has 0 amide bonds. The van der Waals surface area contributed by atoms with E-state index in [1.807, 2.05) is 0 Å². The molecule has 0 saturated carbocycles. The van der Waals surface area contributed by atoms with Crippen molar-refractivity contribution in [2.75, 3.05) is 18.2 Å². The van der Waals surface area contributed by atoms with Gasteiger partial charge in [-0.2, -0.15) is 0 Å². The Hall–Kier alpha value is 1.16. The van der Waals surface area contributed by atoms with Gasteiger partial charge in [-0.05, 0) is 6.92 Å². The van der Waals surface area contributed by atoms with Gasteiger partial charge < -0.3 is 9.66 Å². The first-order valence-corrected chi connectivity index (χ1v) is 4.69. The van der Waals surface area contributed by atoms with E-state index in [1.54, 1.807) is 6.92 Å². The van der Waals surface area contributed by atoms with Crippen LogP contribution in [-0.4, -0.2) is 36.3 Å². The molecule has 11 heavy (non-hydrogen) atoms. The Morgan fingerprint density at radius 2 is 1.82 bits per heavy atom. The van der Waals surface area contributed by atoms with Gasteiger partial charge in [0.25, 0.3) is 0 Å². The van der Waals surface area contributed by atoms with E-state index in [2.05, 4.69) is 0 Å². The summed E-state index contributed by atoms with van der Waals surface area (Å²) in [4.78, 5) is 0. The molecule has 0 aromatic rings. The minimum Gasteiger partial charge on any atom is -0.748 e. The van der Waals surface area contributed by atoms with Crippen LogP contribution >= 0.6 is 11.6 Å². The van der Waals surface area contributed by atoms with Gasteiger partial charge in [0.1, 0.15) is 0 Å². The number of aliphatic hydroxyl groups excluding tert-OH is 1. The molecule has 0 aliphatic rings. The van der Waals surface area contributed by atoms with Gasteiger partial charge in [-0.15, -0.1) is 11.6 Å². The predicted molar refractivity (Wildman–Crippen MR) is 38.0 cm³/mol. The van der Waals surface area contributed by atoms with Crippen molar-refractivity contribution >= 4 is 21.7 Å². The third-order valence-corrected chi connectivity index (χ3v) is 1.44. The minimum absolute atomic E-state index is 0. The molecular formula is C4H10ClNaO4S. The third kappa shape index (κ3) is 35.2. The number of rotatable bonds is 2. The molecule has 0 atom stereocenters. The number of halogens is 1. The molecule has 0 saturated heterocycles. The fraction of sp³-hybridized carbons (Fsp3) is 1.00. The van der Waals surface area contributed by atoms with E-state index in [0.717, 1.165) is 0 Å². The van der Waals surface area contributed by atoms with Crippen LogP contribution in [0, 0.1) is 0 Å². The Labute approximate surface area is 94.0 Å². The average molecular weight is 213 g/mol. The number of aliphatic hydroxyl groups is 1. The topological polar surface area (TPSA) is 77.4 Å². The molecule has 64 valence electrons. The molecule has 0 heterocycles. The van der Waals surface area contributed by atoms with Crippen molar-refractivity contribution in [2.45, 2.75) is 6.92 Å². The van der Waals surface area contributed by atoms with E-state index in [0.29, 0.717) is 0 Å². The van der Waals surface area contributed by atoms with Crippen LogP contribution in [0.15, 0.2) is 0 Å². The first-order chi connectivity index (χ1) is 4.47. The summed E-state index contributed by atoms with van der Waals surface area (Å²) in [6.45, 7) is 1.93. The summed E-state index contributed by atoms with van der Waals surface area (Å²) in [5, 5.41) is 7.57. The first kappa shape index (κ1) is 18.0. The molecule has 0 unspecified atom stereocenters. The third-order valence-electron chi connectivity index (χ3n) is 0.327. The molecule has 7 heteroatoms. The standard InChI is InChI=1S/C2H5ClO3S.C2H6O.Na/c3-1-2-7(4,5)6;1-2-3;/h1-2H2,(H,4,5,6);3H,2H2,1H3;/q;;+1/p-1. The van der Waals surface area contributed by atoms with Crippen LogP contribution in [0.5, 0.6) is 0 Å². The molecule has 0 aromatic carbocycles. The maximum atomic E-state index is 9.59. The van der Waals surface area contributed by atoms with Gasteiger partial charge in [-0.3, -0.25) is 0 Å². The summed E-state index contributed by atoms with van der Waals surface area (Å²) < 4.78 is 28.8. The Morgan fingerprint density at radius 3 is 1.82 bits per heavy atom. The molecule has 4 nitrogen and oxygen atoms in total. The average Bonchev–Trinajstić information content (AvgIpc) is 1.63. The van der Waals surface area contributed by atoms with Crippen molar-refractivity contribution < 1.29 is 47.6 Å². The Morgan fingerprint density at radius 1 is 1.55 bits per heavy atom. The zero-order chi connectivity index (χ0) is 8.62. The van der Waals surface area contributed by atoms with Gasteiger partial charge in [0.2, 0.25) is 0 Å². The van der Waals surface area contributed by atoms with Crippen molar-refractivity contribution in [1.82, 2.24) is 0 Å². The van der Waals surface area contributed by atoms with Gasteiger partial charge in [0.05, 0.1) is 15.9 Å². The van der Waals surface area contributed by atoms with Gasteiger partial charge in [0, 0.05) is 12.5 Å². The second-order valence-electron chi connectivity index (χ2n) is 1.27. The summed E-state index contributed by atoms with van der Waals surface area (Å²) in [7, 11) is -4.06. The predicted octanol–water partition coefficient (Wildman–Crippen LogP) is -3.23. The van der Waals surface area contributed by atoms with E-state index < -0.39 is 15.9 Å². The molecule has 0 radical (unpaired) electrons. The largest absolute Gasteiger partial charge is 1.00 e. The monoisotopic (exact) mass is 212 g/mol. The van der Waals surface area contributed by atoms with Gasteiger partial charge in [-0.1, -0.05) is 0 Å². The van der Waals surface area contributed by atoms with Crippen LogP contribution in [-0.2, 0) is 10.1 Å². The first-order valence-electron chi connectivity index (χ1n) is 2.58. The van der Waals surface area contributed by atoms with Gasteiger partial charge in [0.15, 0.2) is 0 Å². The van der Waals surface area contributed by atoms with Crippen LogP contribution in [0.25, 0.3) is 0 Å². The SMILES string of the molecule is CCO.O=S(=O)([O-])CCCl.[Na+]. The fourth-order valence-electron chi connectivity index (χ4n) is 0.0945. The van der Waals surface area contributed by atoms with Crippen molar-refractivity contribution in [3.8, 4) is 0 Å². The smallest absolute Gasteiger partial charge is 0.748 e. The molecule has 0 aliphatic carbocycles. The summed E-state index contributed by atoms with van der Waals surface area (Å²) in [6, 6.07) is 0. The van der Waals surface area contributed by atoms with E-state index >= 15 is 0 Å². The molecule has 0 aliphatic heterocycles. The maximum absolute atomic E-state index is 9.59. The van der Waals surface area contributed by atoms with Crippen LogP contribution in [0.4, 0.5) is 0 Å². The summed E-state index contributed by atoms with van der Waals surface area (Å²) in [6.07, 6.45) is 0. The summed E-state index contributed by atoms with van der Waals surface area (Å²) in [5.74, 6) is -0.597. The Bertz CT molecular complexity index is 146. The molecule has 1 N–H and O–H groups in total. The Kier molecular flexibility index (Phi) is 18.3. The number of hydrogen-bond acceptors (Lipinski definition) is 4. The molecule has 0 rings (SSSR count). The van der Waals surface area contributed by atoms with Crippen molar-refractivity contribution in [3.05, 3.63) is 0 Å². The maximum Gasteiger partial charge on any atom is 1.00 e. The number of hydrogen-bond donors (Lipinski definition) is 1. The van der Waals surface area contributed by atoms with Gasteiger partial charge >= 0.3 is 29.6 Å². The molecule has 0 aromatic heterocycles. The molecule has 0 fully saturated rings.